The lowest BCUT2D eigenvalue weighted by Crippen LogP contribution is -2.61. The van der Waals surface area contributed by atoms with Gasteiger partial charge in [0.2, 0.25) is 11.8 Å². The van der Waals surface area contributed by atoms with Crippen molar-refractivity contribution in [1.29, 1.82) is 0 Å². The van der Waals surface area contributed by atoms with Crippen LogP contribution in [-0.4, -0.2) is 57.1 Å². The molecule has 13 heteroatoms. The molecular weight excluding hydrogens is 668 g/mol. The number of non-ortho nitro benzene ring substituents is 1. The molecule has 3 N–H and O–H groups in total. The number of hydrogen-bond acceptors (Lipinski definition) is 8. The Kier molecular flexibility index (Phi) is 10.2. The summed E-state index contributed by atoms with van der Waals surface area (Å²) in [6.07, 6.45) is -1.11. The molecule has 0 saturated carbocycles. The number of fused-ring (bicyclic) bond motifs is 3. The first kappa shape index (κ1) is 35.6. The number of nitro benzene ring substituents is 1. The van der Waals surface area contributed by atoms with Gasteiger partial charge >= 0.3 is 12.2 Å². The molecule has 0 unspecified atom stereocenters. The maximum absolute atomic E-state index is 14.4. The van der Waals surface area contributed by atoms with Crippen molar-refractivity contribution < 1.29 is 38.7 Å². The van der Waals surface area contributed by atoms with E-state index >= 15 is 0 Å². The van der Waals surface area contributed by atoms with Gasteiger partial charge in [-0.25, -0.2) is 9.59 Å². The minimum Gasteiger partial charge on any atom is -0.465 e. The second-order valence-corrected chi connectivity index (χ2v) is 13.3. The molecule has 2 aliphatic rings. The highest BCUT2D eigenvalue weighted by Gasteiger charge is 2.53. The molecule has 4 aromatic rings. The fraction of sp³-hybridized carbons (Fsp3) is 0.282. The van der Waals surface area contributed by atoms with Gasteiger partial charge in [0.05, 0.1) is 4.92 Å². The van der Waals surface area contributed by atoms with Gasteiger partial charge in [0.1, 0.15) is 23.9 Å². The number of hydrogen-bond donors (Lipinski definition) is 3. The van der Waals surface area contributed by atoms with Crippen LogP contribution in [-0.2, 0) is 20.9 Å². The zero-order chi connectivity index (χ0) is 37.0. The average molecular weight is 707 g/mol. The second-order valence-electron chi connectivity index (χ2n) is 13.3. The number of benzene rings is 4. The minimum absolute atomic E-state index is 0.0872. The van der Waals surface area contributed by atoms with Crippen LogP contribution in [0.25, 0.3) is 11.1 Å². The van der Waals surface area contributed by atoms with E-state index in [9.17, 15) is 34.4 Å². The summed E-state index contributed by atoms with van der Waals surface area (Å²) in [5, 5.41) is 26.9. The number of nitrogens with zero attached hydrogens (tertiary/aromatic N) is 2. The number of amides is 3. The van der Waals surface area contributed by atoms with Crippen LogP contribution in [0, 0.1) is 16.0 Å². The van der Waals surface area contributed by atoms with Crippen molar-refractivity contribution in [2.45, 2.75) is 57.2 Å². The summed E-state index contributed by atoms with van der Waals surface area (Å²) in [5.74, 6) is -1.43. The first-order valence-electron chi connectivity index (χ1n) is 17.0. The molecule has 1 aliphatic heterocycles. The van der Waals surface area contributed by atoms with E-state index in [1.165, 1.54) is 29.2 Å². The van der Waals surface area contributed by atoms with Crippen molar-refractivity contribution in [3.63, 3.8) is 0 Å². The minimum atomic E-state index is -1.39. The Labute approximate surface area is 299 Å². The van der Waals surface area contributed by atoms with E-state index in [0.717, 1.165) is 22.3 Å². The fourth-order valence-electron chi connectivity index (χ4n) is 7.13. The van der Waals surface area contributed by atoms with E-state index in [1.807, 2.05) is 48.5 Å². The molecule has 268 valence electrons. The van der Waals surface area contributed by atoms with Crippen LogP contribution in [0.3, 0.4) is 0 Å². The van der Waals surface area contributed by atoms with Crippen LogP contribution in [0.1, 0.15) is 55.7 Å². The maximum Gasteiger partial charge on any atom is 0.514 e. The van der Waals surface area contributed by atoms with Crippen molar-refractivity contribution in [2.75, 3.05) is 11.9 Å². The second kappa shape index (κ2) is 14.9. The molecule has 13 nitrogen and oxygen atoms in total. The average Bonchev–Trinajstić information content (AvgIpc) is 3.71. The van der Waals surface area contributed by atoms with Gasteiger partial charge in [-0.15, -0.1) is 0 Å². The number of carbonyl (C=O) groups is 4. The Morgan fingerprint density at radius 3 is 2.12 bits per heavy atom. The van der Waals surface area contributed by atoms with Gasteiger partial charge in [0.15, 0.2) is 0 Å². The normalized spacial score (nSPS) is 16.8. The molecule has 0 bridgehead atoms. The van der Waals surface area contributed by atoms with Crippen LogP contribution < -0.4 is 15.4 Å². The maximum atomic E-state index is 14.4. The lowest BCUT2D eigenvalue weighted by atomic mass is 9.79. The summed E-state index contributed by atoms with van der Waals surface area (Å²) in [4.78, 5) is 64.3. The molecular formula is C39H38N4O9. The smallest absolute Gasteiger partial charge is 0.465 e. The molecule has 52 heavy (non-hydrogen) atoms. The van der Waals surface area contributed by atoms with E-state index in [1.54, 1.807) is 38.1 Å². The molecule has 1 saturated heterocycles. The van der Waals surface area contributed by atoms with E-state index in [0.29, 0.717) is 24.1 Å². The molecule has 0 spiro atoms. The summed E-state index contributed by atoms with van der Waals surface area (Å²) in [6, 6.07) is 26.5. The van der Waals surface area contributed by atoms with Gasteiger partial charge in [0, 0.05) is 30.3 Å². The molecule has 1 heterocycles. The lowest BCUT2D eigenvalue weighted by molar-refractivity contribution is -0.384. The van der Waals surface area contributed by atoms with E-state index < -0.39 is 40.6 Å². The van der Waals surface area contributed by atoms with Crippen LogP contribution in [0.15, 0.2) is 97.1 Å². The predicted octanol–water partition coefficient (Wildman–Crippen LogP) is 7.10. The summed E-state index contributed by atoms with van der Waals surface area (Å²) in [6.45, 7) is 3.69. The van der Waals surface area contributed by atoms with Crippen molar-refractivity contribution in [1.82, 2.24) is 10.2 Å². The molecule has 6 rings (SSSR count). The van der Waals surface area contributed by atoms with Crippen LogP contribution in [0.4, 0.5) is 21.0 Å². The number of anilines is 1. The lowest BCUT2D eigenvalue weighted by Gasteiger charge is -2.39. The predicted molar refractivity (Wildman–Crippen MR) is 191 cm³/mol. The third-order valence-corrected chi connectivity index (χ3v) is 9.71. The fourth-order valence-corrected chi connectivity index (χ4v) is 7.13. The number of rotatable bonds is 11. The number of likely N-dealkylation sites (tertiary alicyclic amines) is 1. The Morgan fingerprint density at radius 2 is 1.54 bits per heavy atom. The number of carbonyl (C=O) groups excluding carboxylic acids is 3. The van der Waals surface area contributed by atoms with Gasteiger partial charge in [0.25, 0.3) is 5.69 Å². The Balaban J connectivity index is 1.12. The van der Waals surface area contributed by atoms with Gasteiger partial charge < -0.3 is 25.2 Å². The summed E-state index contributed by atoms with van der Waals surface area (Å²) < 4.78 is 10.2. The van der Waals surface area contributed by atoms with E-state index in [-0.39, 0.29) is 42.8 Å². The Bertz CT molecular complexity index is 1950. The number of nitrogens with one attached hydrogen (secondary N) is 2. The van der Waals surface area contributed by atoms with E-state index in [4.69, 9.17) is 9.47 Å². The van der Waals surface area contributed by atoms with Gasteiger partial charge in [-0.1, -0.05) is 74.5 Å². The standard InChI is InChI=1S/C39H38N4O9/c1-24(2)34(35(44)40-26-14-12-25(13-15-26)23-51-38(48)52-28-18-16-27(17-19-28)43(49)50)41-36(45)39(20-7-21-42(39)37(46)47)22-33-31-10-5-3-8-29(31)30-9-4-6-11-32(30)33/h3-6,8-19,24,33-34H,7,20-23H2,1-2H3,(H,40,44)(H,41,45)(H,46,47)/t34-,39-/m0/s1. The zero-order valence-electron chi connectivity index (χ0n) is 28.6. The van der Waals surface area contributed by atoms with Crippen LogP contribution >= 0.6 is 0 Å². The summed E-state index contributed by atoms with van der Waals surface area (Å²) >= 11 is 0. The first-order chi connectivity index (χ1) is 25.0. The quantitative estimate of drug-likeness (QED) is 0.0635. The molecule has 2 atom stereocenters. The van der Waals surface area contributed by atoms with Gasteiger partial charge in [-0.05, 0) is 77.3 Å². The van der Waals surface area contributed by atoms with Crippen molar-refractivity contribution >= 4 is 35.4 Å². The molecule has 1 aliphatic carbocycles. The summed E-state index contributed by atoms with van der Waals surface area (Å²) in [5.41, 5.74) is 3.71. The first-order valence-corrected chi connectivity index (χ1v) is 17.0. The molecule has 4 aromatic carbocycles. The number of ether oxygens (including phenoxy) is 2. The summed E-state index contributed by atoms with van der Waals surface area (Å²) in [7, 11) is 0. The SMILES string of the molecule is CC(C)[C@H](NC(=O)[C@@]1(CC2c3ccccc3-c3ccccc32)CCCN1C(=O)O)C(=O)Nc1ccc(COC(=O)Oc2ccc([N+](=O)[O-])cc2)cc1. The molecule has 1 fully saturated rings. The Hall–Kier alpha value is -6.24. The molecule has 0 radical (unpaired) electrons. The monoisotopic (exact) mass is 706 g/mol. The highest BCUT2D eigenvalue weighted by atomic mass is 16.7. The van der Waals surface area contributed by atoms with E-state index in [2.05, 4.69) is 10.6 Å². The largest absolute Gasteiger partial charge is 0.514 e. The third-order valence-electron chi connectivity index (χ3n) is 9.71. The Morgan fingerprint density at radius 1 is 0.923 bits per heavy atom. The molecule has 0 aromatic heterocycles. The third kappa shape index (κ3) is 7.29. The van der Waals surface area contributed by atoms with Crippen molar-refractivity contribution in [3.8, 4) is 16.9 Å². The highest BCUT2D eigenvalue weighted by molar-refractivity contribution is 5.99. The highest BCUT2D eigenvalue weighted by Crippen LogP contribution is 2.50. The van der Waals surface area contributed by atoms with Crippen molar-refractivity contribution in [3.05, 3.63) is 124 Å². The molecule has 3 amide bonds. The van der Waals surface area contributed by atoms with Crippen LogP contribution in [0.2, 0.25) is 0 Å². The number of nitro groups is 1. The van der Waals surface area contributed by atoms with Gasteiger partial charge in [-0.3, -0.25) is 24.6 Å². The zero-order valence-corrected chi connectivity index (χ0v) is 28.6. The van der Waals surface area contributed by atoms with Crippen molar-refractivity contribution in [2.24, 2.45) is 5.92 Å². The van der Waals surface area contributed by atoms with Crippen LogP contribution in [0.5, 0.6) is 5.75 Å². The number of carboxylic acid groups (broad SMARTS) is 1. The van der Waals surface area contributed by atoms with Gasteiger partial charge in [-0.2, -0.15) is 0 Å². The topological polar surface area (TPSA) is 177 Å².